The van der Waals surface area contributed by atoms with Crippen molar-refractivity contribution in [2.24, 2.45) is 11.7 Å². The van der Waals surface area contributed by atoms with E-state index in [1.54, 1.807) is 20.0 Å². The number of aliphatic hydroxyl groups excluding tert-OH is 2. The van der Waals surface area contributed by atoms with Crippen LogP contribution in [0, 0.1) is 5.92 Å². The Labute approximate surface area is 314 Å². The standard InChI is InChI=1S/C38H61N7O7S/c1-38(2,39)22-35(48)43-32(19-27-14-8-4-9-15-27)36(49)45-33(20-28-23-40-25-41-28)37(50)44-31(18-26-12-6-3-7-13-26)34(47)21-29(46)24-42-53(51,52)30-16-10-5-11-17-30/h4,8-9,14-15,23,25-26,29-34,42,46-47H,3,5-7,10-13,16-22,24,39H2,1-2H3,(H,40,41)(H,43,48)(H,44,50)(H,45,49)/t29-,31+,32+,33+,34+/m1/s1. The highest BCUT2D eigenvalue weighted by Crippen LogP contribution is 2.29. The predicted molar refractivity (Wildman–Crippen MR) is 203 cm³/mol. The summed E-state index contributed by atoms with van der Waals surface area (Å²) in [6.07, 6.45) is 10.1. The summed E-state index contributed by atoms with van der Waals surface area (Å²) < 4.78 is 28.3. The Morgan fingerprint density at radius 3 is 2.15 bits per heavy atom. The van der Waals surface area contributed by atoms with Gasteiger partial charge in [-0.1, -0.05) is 81.7 Å². The molecular weight excluding hydrogens is 699 g/mol. The second-order valence-electron chi connectivity index (χ2n) is 15.8. The first-order valence-electron chi connectivity index (χ1n) is 19.2. The Bertz CT molecular complexity index is 1520. The third kappa shape index (κ3) is 14.8. The number of hydrogen-bond acceptors (Lipinski definition) is 9. The molecule has 2 aliphatic carbocycles. The van der Waals surface area contributed by atoms with E-state index in [1.807, 2.05) is 30.3 Å². The minimum Gasteiger partial charge on any atom is -0.392 e. The molecule has 4 rings (SSSR count). The van der Waals surface area contributed by atoms with Gasteiger partial charge >= 0.3 is 0 Å². The van der Waals surface area contributed by atoms with Gasteiger partial charge in [-0.3, -0.25) is 14.4 Å². The van der Waals surface area contributed by atoms with Crippen molar-refractivity contribution in [3.05, 3.63) is 54.1 Å². The number of aromatic amines is 1. The number of carbonyl (C=O) groups excluding carboxylic acids is 3. The van der Waals surface area contributed by atoms with Crippen LogP contribution in [-0.2, 0) is 37.2 Å². The lowest BCUT2D eigenvalue weighted by Gasteiger charge is -2.32. The van der Waals surface area contributed by atoms with Crippen LogP contribution in [0.4, 0.5) is 0 Å². The van der Waals surface area contributed by atoms with E-state index in [9.17, 15) is 33.0 Å². The number of nitrogens with zero attached hydrogens (tertiary/aromatic N) is 1. The molecule has 0 saturated heterocycles. The van der Waals surface area contributed by atoms with Crippen molar-refractivity contribution in [3.8, 4) is 0 Å². The second-order valence-corrected chi connectivity index (χ2v) is 17.8. The Morgan fingerprint density at radius 2 is 1.53 bits per heavy atom. The van der Waals surface area contributed by atoms with Crippen molar-refractivity contribution in [2.45, 2.75) is 151 Å². The zero-order valence-corrected chi connectivity index (χ0v) is 32.1. The molecule has 1 aromatic heterocycles. The van der Waals surface area contributed by atoms with Crippen molar-refractivity contribution < 1.29 is 33.0 Å². The number of rotatable bonds is 20. The maximum absolute atomic E-state index is 14.1. The van der Waals surface area contributed by atoms with Gasteiger partial charge in [0, 0.05) is 49.7 Å². The van der Waals surface area contributed by atoms with Crippen LogP contribution in [0.2, 0.25) is 0 Å². The van der Waals surface area contributed by atoms with Crippen LogP contribution < -0.4 is 26.4 Å². The van der Waals surface area contributed by atoms with E-state index in [4.69, 9.17) is 5.73 Å². The largest absolute Gasteiger partial charge is 0.392 e. The molecule has 0 bridgehead atoms. The molecule has 15 heteroatoms. The molecule has 2 fully saturated rings. The van der Waals surface area contributed by atoms with Gasteiger partial charge in [-0.25, -0.2) is 18.1 Å². The predicted octanol–water partition coefficient (Wildman–Crippen LogP) is 2.11. The summed E-state index contributed by atoms with van der Waals surface area (Å²) >= 11 is 0. The van der Waals surface area contributed by atoms with Crippen molar-refractivity contribution in [1.82, 2.24) is 30.6 Å². The average molecular weight is 760 g/mol. The number of aromatic nitrogens is 2. The molecular formula is C38H61N7O7S. The van der Waals surface area contributed by atoms with E-state index >= 15 is 0 Å². The first-order chi connectivity index (χ1) is 25.2. The highest BCUT2D eigenvalue weighted by molar-refractivity contribution is 7.90. The molecule has 0 aliphatic heterocycles. The molecule has 2 saturated carbocycles. The van der Waals surface area contributed by atoms with Gasteiger partial charge in [0.25, 0.3) is 0 Å². The molecule has 0 spiro atoms. The maximum atomic E-state index is 14.1. The number of H-pyrrole nitrogens is 1. The van der Waals surface area contributed by atoms with Gasteiger partial charge in [-0.15, -0.1) is 0 Å². The van der Waals surface area contributed by atoms with Gasteiger partial charge in [-0.2, -0.15) is 0 Å². The molecule has 0 unspecified atom stereocenters. The summed E-state index contributed by atoms with van der Waals surface area (Å²) in [5, 5.41) is 30.5. The average Bonchev–Trinajstić information content (AvgIpc) is 3.63. The van der Waals surface area contributed by atoms with Crippen LogP contribution in [0.3, 0.4) is 0 Å². The lowest BCUT2D eigenvalue weighted by atomic mass is 9.83. The maximum Gasteiger partial charge on any atom is 0.243 e. The van der Waals surface area contributed by atoms with Gasteiger partial charge in [0.15, 0.2) is 0 Å². The van der Waals surface area contributed by atoms with E-state index in [-0.39, 0.29) is 38.1 Å². The van der Waals surface area contributed by atoms with Gasteiger partial charge in [-0.05, 0) is 44.6 Å². The Kier molecular flexibility index (Phi) is 16.3. The Morgan fingerprint density at radius 1 is 0.906 bits per heavy atom. The first kappa shape index (κ1) is 42.4. The van der Waals surface area contributed by atoms with E-state index in [1.165, 1.54) is 6.33 Å². The number of sulfonamides is 1. The molecule has 1 aromatic carbocycles. The number of nitrogens with one attached hydrogen (secondary N) is 5. The molecule has 5 atom stereocenters. The fourth-order valence-electron chi connectivity index (χ4n) is 7.43. The number of carbonyl (C=O) groups is 3. The molecule has 0 radical (unpaired) electrons. The van der Waals surface area contributed by atoms with Crippen LogP contribution in [0.15, 0.2) is 42.9 Å². The zero-order valence-electron chi connectivity index (χ0n) is 31.3. The van der Waals surface area contributed by atoms with Gasteiger partial charge < -0.3 is 36.9 Å². The van der Waals surface area contributed by atoms with E-state index < -0.39 is 68.9 Å². The van der Waals surface area contributed by atoms with E-state index in [0.29, 0.717) is 25.0 Å². The molecule has 14 nitrogen and oxygen atoms in total. The van der Waals surface area contributed by atoms with Crippen molar-refractivity contribution in [3.63, 3.8) is 0 Å². The van der Waals surface area contributed by atoms with Gasteiger partial charge in [0.05, 0.1) is 29.8 Å². The van der Waals surface area contributed by atoms with Crippen LogP contribution in [0.25, 0.3) is 0 Å². The summed E-state index contributed by atoms with van der Waals surface area (Å²) in [4.78, 5) is 48.1. The summed E-state index contributed by atoms with van der Waals surface area (Å²) in [6, 6.07) is 6.32. The number of hydrogen-bond donors (Lipinski definition) is 8. The highest BCUT2D eigenvalue weighted by Gasteiger charge is 2.34. The lowest BCUT2D eigenvalue weighted by Crippen LogP contribution is -2.58. The van der Waals surface area contributed by atoms with Crippen LogP contribution in [0.5, 0.6) is 0 Å². The minimum atomic E-state index is -3.61. The minimum absolute atomic E-state index is 0.0156. The monoisotopic (exact) mass is 759 g/mol. The molecule has 9 N–H and O–H groups in total. The molecule has 53 heavy (non-hydrogen) atoms. The molecule has 296 valence electrons. The Balaban J connectivity index is 1.49. The third-order valence-electron chi connectivity index (χ3n) is 10.3. The van der Waals surface area contributed by atoms with Gasteiger partial charge in [0.2, 0.25) is 27.7 Å². The van der Waals surface area contributed by atoms with Crippen LogP contribution in [-0.4, -0.2) is 94.0 Å². The topological polar surface area (TPSA) is 229 Å². The smallest absolute Gasteiger partial charge is 0.243 e. The van der Waals surface area contributed by atoms with Crippen molar-refractivity contribution in [2.75, 3.05) is 6.54 Å². The Hall–Kier alpha value is -3.37. The molecule has 2 aliphatic rings. The number of benzene rings is 1. The summed E-state index contributed by atoms with van der Waals surface area (Å²) in [6.45, 7) is 3.20. The first-order valence-corrected chi connectivity index (χ1v) is 20.8. The molecule has 3 amide bonds. The van der Waals surface area contributed by atoms with Crippen LogP contribution >= 0.6 is 0 Å². The van der Waals surface area contributed by atoms with E-state index in [0.717, 1.165) is 56.9 Å². The van der Waals surface area contributed by atoms with Crippen molar-refractivity contribution >= 4 is 27.7 Å². The lowest BCUT2D eigenvalue weighted by molar-refractivity contribution is -0.133. The summed E-state index contributed by atoms with van der Waals surface area (Å²) in [5.74, 6) is -1.28. The number of nitrogens with two attached hydrogens (primary N) is 1. The number of imidazole rings is 1. The third-order valence-corrected chi connectivity index (χ3v) is 12.2. The highest BCUT2D eigenvalue weighted by atomic mass is 32.2. The quantitative estimate of drug-likeness (QED) is 0.0988. The van der Waals surface area contributed by atoms with Crippen LogP contribution in [0.1, 0.15) is 109 Å². The van der Waals surface area contributed by atoms with E-state index in [2.05, 4.69) is 30.6 Å². The fourth-order valence-corrected chi connectivity index (χ4v) is 9.04. The van der Waals surface area contributed by atoms with Crippen molar-refractivity contribution in [1.29, 1.82) is 0 Å². The number of aliphatic hydroxyl groups is 2. The van der Waals surface area contributed by atoms with Gasteiger partial charge in [0.1, 0.15) is 12.1 Å². The fraction of sp³-hybridized carbons (Fsp3) is 0.684. The zero-order chi connectivity index (χ0) is 38.4. The SMILES string of the molecule is CC(C)(N)CC(=O)N[C@@H](Cc1ccccc1)C(=O)N[C@@H](Cc1cnc[nH]1)C(=O)N[C@@H](CC1CCCCC1)[C@@H](O)C[C@@H](O)CNS(=O)(=O)C1CCCCC1. The molecule has 2 aromatic rings. The summed E-state index contributed by atoms with van der Waals surface area (Å²) in [7, 11) is -3.61. The second kappa shape index (κ2) is 20.3. The summed E-state index contributed by atoms with van der Waals surface area (Å²) in [5.41, 5.74) is 6.68. The normalized spacial score (nSPS) is 19.0. The number of amides is 3. The molecule has 1 heterocycles.